The Labute approximate surface area is 203 Å². The standard InChI is InChI=1S/C26H27N7O2/c1-33-9-6-16-11-22(35-2)21(10-17(16)14-33)31-25-29-13-20(23(28)34)24(32-25)30-19-5-3-4-18(12-19)26(15-27)7-8-26/h3-5,10-13H,6-9,14H2,1-2H3,(H2,28,34)(H2,29,30,31,32). The van der Waals surface area contributed by atoms with E-state index in [0.29, 0.717) is 17.4 Å². The van der Waals surface area contributed by atoms with Gasteiger partial charge < -0.3 is 26.0 Å². The lowest BCUT2D eigenvalue weighted by molar-refractivity contribution is 0.100. The van der Waals surface area contributed by atoms with Gasteiger partial charge in [0.05, 0.1) is 24.3 Å². The van der Waals surface area contributed by atoms with Gasteiger partial charge in [0.15, 0.2) is 0 Å². The number of benzene rings is 2. The van der Waals surface area contributed by atoms with Crippen LogP contribution in [0.25, 0.3) is 0 Å². The number of anilines is 4. The fourth-order valence-electron chi connectivity index (χ4n) is 4.45. The first kappa shape index (κ1) is 22.6. The minimum atomic E-state index is -0.639. The van der Waals surface area contributed by atoms with Crippen LogP contribution < -0.4 is 21.1 Å². The minimum Gasteiger partial charge on any atom is -0.495 e. The van der Waals surface area contributed by atoms with Crippen LogP contribution in [0, 0.1) is 11.3 Å². The fraction of sp³-hybridized carbons (Fsp3) is 0.308. The number of primary amides is 1. The van der Waals surface area contributed by atoms with Crippen molar-refractivity contribution >= 4 is 29.0 Å². The summed E-state index contributed by atoms with van der Waals surface area (Å²) in [6.07, 6.45) is 4.06. The molecule has 0 unspecified atom stereocenters. The SMILES string of the molecule is COc1cc2c(cc1Nc1ncc(C(N)=O)c(Nc3cccc(C4(C#N)CC4)c3)n1)CN(C)CC2. The molecule has 178 valence electrons. The number of nitrogens with two attached hydrogens (primary N) is 1. The molecule has 0 spiro atoms. The number of ether oxygens (including phenoxy) is 1. The smallest absolute Gasteiger partial charge is 0.254 e. The molecule has 1 aromatic heterocycles. The van der Waals surface area contributed by atoms with Crippen LogP contribution in [0.1, 0.15) is 39.9 Å². The monoisotopic (exact) mass is 469 g/mol. The van der Waals surface area contributed by atoms with E-state index in [1.165, 1.54) is 17.3 Å². The highest BCUT2D eigenvalue weighted by molar-refractivity contribution is 5.98. The second kappa shape index (κ2) is 8.89. The molecule has 0 bridgehead atoms. The highest BCUT2D eigenvalue weighted by Gasteiger charge is 2.44. The molecule has 4 N–H and O–H groups in total. The predicted octanol–water partition coefficient (Wildman–Crippen LogP) is 3.61. The highest BCUT2D eigenvalue weighted by Crippen LogP contribution is 2.48. The van der Waals surface area contributed by atoms with Gasteiger partial charge in [0.2, 0.25) is 5.95 Å². The summed E-state index contributed by atoms with van der Waals surface area (Å²) in [4.78, 5) is 23.2. The number of fused-ring (bicyclic) bond motifs is 1. The van der Waals surface area contributed by atoms with Crippen LogP contribution in [0.2, 0.25) is 0 Å². The van der Waals surface area contributed by atoms with E-state index in [-0.39, 0.29) is 11.4 Å². The molecule has 2 heterocycles. The molecular formula is C26H27N7O2. The van der Waals surface area contributed by atoms with Crippen molar-refractivity contribution in [3.63, 3.8) is 0 Å². The zero-order chi connectivity index (χ0) is 24.6. The average molecular weight is 470 g/mol. The Bertz CT molecular complexity index is 1340. The number of carbonyl (C=O) groups excluding carboxylic acids is 1. The Kier molecular flexibility index (Phi) is 5.75. The number of nitrogens with one attached hydrogen (secondary N) is 2. The van der Waals surface area contributed by atoms with Gasteiger partial charge in [-0.1, -0.05) is 12.1 Å². The van der Waals surface area contributed by atoms with E-state index >= 15 is 0 Å². The molecule has 0 radical (unpaired) electrons. The van der Waals surface area contributed by atoms with Gasteiger partial charge >= 0.3 is 0 Å². The molecule has 0 atom stereocenters. The van der Waals surface area contributed by atoms with E-state index in [0.717, 1.165) is 43.6 Å². The van der Waals surface area contributed by atoms with Crippen molar-refractivity contribution in [3.05, 3.63) is 64.8 Å². The Hall–Kier alpha value is -4.16. The number of amides is 1. The summed E-state index contributed by atoms with van der Waals surface area (Å²) < 4.78 is 5.61. The van der Waals surface area contributed by atoms with Gasteiger partial charge in [0.1, 0.15) is 17.1 Å². The minimum absolute atomic E-state index is 0.168. The molecule has 35 heavy (non-hydrogen) atoms. The van der Waals surface area contributed by atoms with Crippen LogP contribution >= 0.6 is 0 Å². The lowest BCUT2D eigenvalue weighted by Gasteiger charge is -2.26. The van der Waals surface area contributed by atoms with Crippen molar-refractivity contribution in [1.29, 1.82) is 5.26 Å². The molecule has 0 saturated heterocycles. The van der Waals surface area contributed by atoms with Gasteiger partial charge in [-0.2, -0.15) is 10.2 Å². The number of methoxy groups -OCH3 is 1. The van der Waals surface area contributed by atoms with E-state index in [4.69, 9.17) is 10.5 Å². The van der Waals surface area contributed by atoms with Crippen LogP contribution in [-0.4, -0.2) is 41.5 Å². The third kappa shape index (κ3) is 4.48. The number of rotatable bonds is 7. The zero-order valence-corrected chi connectivity index (χ0v) is 19.8. The number of carbonyl (C=O) groups is 1. The van der Waals surface area contributed by atoms with Crippen molar-refractivity contribution in [2.75, 3.05) is 31.3 Å². The largest absolute Gasteiger partial charge is 0.495 e. The predicted molar refractivity (Wildman–Crippen MR) is 133 cm³/mol. The molecule has 9 nitrogen and oxygen atoms in total. The van der Waals surface area contributed by atoms with Gasteiger partial charge in [-0.25, -0.2) is 4.98 Å². The highest BCUT2D eigenvalue weighted by atomic mass is 16.5. The summed E-state index contributed by atoms with van der Waals surface area (Å²) >= 11 is 0. The average Bonchev–Trinajstić information content (AvgIpc) is 3.65. The quantitative estimate of drug-likeness (QED) is 0.479. The van der Waals surface area contributed by atoms with Crippen LogP contribution in [0.3, 0.4) is 0 Å². The molecule has 2 aliphatic rings. The van der Waals surface area contributed by atoms with Crippen molar-refractivity contribution in [2.24, 2.45) is 5.73 Å². The lowest BCUT2D eigenvalue weighted by atomic mass is 9.97. The molecule has 1 saturated carbocycles. The molecule has 2 aromatic carbocycles. The summed E-state index contributed by atoms with van der Waals surface area (Å²) in [6, 6.07) is 14.1. The van der Waals surface area contributed by atoms with E-state index in [9.17, 15) is 10.1 Å². The molecule has 9 heteroatoms. The second-order valence-corrected chi connectivity index (χ2v) is 9.15. The first-order chi connectivity index (χ1) is 16.9. The van der Waals surface area contributed by atoms with Gasteiger partial charge in [-0.3, -0.25) is 4.79 Å². The van der Waals surface area contributed by atoms with Gasteiger partial charge in [-0.15, -0.1) is 0 Å². The number of nitrogens with zero attached hydrogens (tertiary/aromatic N) is 4. The maximum Gasteiger partial charge on any atom is 0.254 e. The van der Waals surface area contributed by atoms with E-state index in [1.54, 1.807) is 7.11 Å². The summed E-state index contributed by atoms with van der Waals surface area (Å²) in [5.41, 5.74) is 10.2. The number of hydrogen-bond donors (Lipinski definition) is 3. The van der Waals surface area contributed by atoms with Crippen molar-refractivity contribution < 1.29 is 9.53 Å². The summed E-state index contributed by atoms with van der Waals surface area (Å²) in [7, 11) is 3.73. The van der Waals surface area contributed by atoms with Gasteiger partial charge in [0, 0.05) is 25.0 Å². The Morgan fingerprint density at radius 2 is 2.06 bits per heavy atom. The lowest BCUT2D eigenvalue weighted by Crippen LogP contribution is -2.26. The van der Waals surface area contributed by atoms with Crippen molar-refractivity contribution in [2.45, 2.75) is 31.2 Å². The van der Waals surface area contributed by atoms with Crippen LogP contribution in [0.5, 0.6) is 5.75 Å². The summed E-state index contributed by atoms with van der Waals surface area (Å²) in [6.45, 7) is 1.86. The Morgan fingerprint density at radius 1 is 1.23 bits per heavy atom. The maximum atomic E-state index is 12.1. The number of aromatic nitrogens is 2. The maximum absolute atomic E-state index is 12.1. The molecular weight excluding hydrogens is 442 g/mol. The Morgan fingerprint density at radius 3 is 2.77 bits per heavy atom. The molecule has 1 aliphatic heterocycles. The topological polar surface area (TPSA) is 129 Å². The van der Waals surface area contributed by atoms with Crippen molar-refractivity contribution in [3.8, 4) is 11.8 Å². The van der Waals surface area contributed by atoms with Crippen molar-refractivity contribution in [1.82, 2.24) is 14.9 Å². The van der Waals surface area contributed by atoms with E-state index < -0.39 is 11.3 Å². The van der Waals surface area contributed by atoms with Gasteiger partial charge in [-0.05, 0) is 67.3 Å². The number of likely N-dealkylation sites (N-methyl/N-ethyl adjacent to an activating group) is 1. The van der Waals surface area contributed by atoms with Crippen LogP contribution in [-0.2, 0) is 18.4 Å². The second-order valence-electron chi connectivity index (χ2n) is 9.15. The third-order valence-electron chi connectivity index (χ3n) is 6.67. The van der Waals surface area contributed by atoms with Crippen LogP contribution in [0.4, 0.5) is 23.1 Å². The van der Waals surface area contributed by atoms with E-state index in [2.05, 4.69) is 50.8 Å². The van der Waals surface area contributed by atoms with Crippen LogP contribution in [0.15, 0.2) is 42.6 Å². The number of hydrogen-bond acceptors (Lipinski definition) is 8. The molecule has 1 aliphatic carbocycles. The normalized spacial score (nSPS) is 16.0. The van der Waals surface area contributed by atoms with E-state index in [1.807, 2.05) is 24.3 Å². The molecule has 1 fully saturated rings. The molecule has 1 amide bonds. The first-order valence-electron chi connectivity index (χ1n) is 11.5. The summed E-state index contributed by atoms with van der Waals surface area (Å²) in [5.74, 6) is 0.641. The van der Waals surface area contributed by atoms with Gasteiger partial charge in [0.25, 0.3) is 5.91 Å². The zero-order valence-electron chi connectivity index (χ0n) is 19.8. The third-order valence-corrected chi connectivity index (χ3v) is 6.67. The Balaban J connectivity index is 1.46. The first-order valence-corrected chi connectivity index (χ1v) is 11.5. The fourth-order valence-corrected chi connectivity index (χ4v) is 4.45. The molecule has 3 aromatic rings. The number of nitriles is 1. The summed E-state index contributed by atoms with van der Waals surface area (Å²) in [5, 5.41) is 16.0. The molecule has 5 rings (SSSR count).